The fourth-order valence-corrected chi connectivity index (χ4v) is 4.17. The van der Waals surface area contributed by atoms with E-state index in [1.807, 2.05) is 6.92 Å². The second kappa shape index (κ2) is 8.57. The summed E-state index contributed by atoms with van der Waals surface area (Å²) < 4.78 is 42.5. The van der Waals surface area contributed by atoms with Crippen LogP contribution >= 0.6 is 0 Å². The normalized spacial score (nSPS) is 15.7. The Morgan fingerprint density at radius 3 is 2.37 bits per heavy atom. The first-order chi connectivity index (χ1) is 14.1. The van der Waals surface area contributed by atoms with Crippen molar-refractivity contribution < 1.29 is 32.0 Å². The van der Waals surface area contributed by atoms with Crippen LogP contribution in [0.25, 0.3) is 10.8 Å². The van der Waals surface area contributed by atoms with Gasteiger partial charge in [-0.3, -0.25) is 9.35 Å². The molecule has 8 heteroatoms. The quantitative estimate of drug-likeness (QED) is 0.302. The molecule has 160 valence electrons. The smallest absolute Gasteiger partial charge is 0.334 e. The third-order valence-electron chi connectivity index (χ3n) is 5.43. The van der Waals surface area contributed by atoms with E-state index in [9.17, 15) is 18.0 Å². The molecule has 0 heterocycles. The van der Waals surface area contributed by atoms with E-state index in [4.69, 9.17) is 14.0 Å². The van der Waals surface area contributed by atoms with Crippen LogP contribution in [0.3, 0.4) is 0 Å². The number of esters is 2. The van der Waals surface area contributed by atoms with Crippen molar-refractivity contribution in [2.24, 2.45) is 0 Å². The number of benzene rings is 2. The van der Waals surface area contributed by atoms with Crippen molar-refractivity contribution in [1.82, 2.24) is 0 Å². The van der Waals surface area contributed by atoms with Crippen molar-refractivity contribution in [2.45, 2.75) is 55.9 Å². The van der Waals surface area contributed by atoms with Gasteiger partial charge < -0.3 is 9.47 Å². The standard InChI is InChI=1S/C22H24O7S/c1-3-22(10-4-5-11-22)29-21(24)15(2)12-20(23)28-18-8-6-17-14-19(30(25,26)27)9-7-16(17)13-18/h6-9,13-14H,2-5,10-12H2,1H3,(H,25,26,27). The molecule has 7 nitrogen and oxygen atoms in total. The highest BCUT2D eigenvalue weighted by atomic mass is 32.2. The number of rotatable bonds is 7. The van der Waals surface area contributed by atoms with Gasteiger partial charge in [0.25, 0.3) is 10.1 Å². The molecule has 0 radical (unpaired) electrons. The molecule has 1 aliphatic rings. The Balaban J connectivity index is 1.63. The maximum atomic E-state index is 12.3. The number of hydrogen-bond donors (Lipinski definition) is 1. The fourth-order valence-electron chi connectivity index (χ4n) is 3.66. The molecule has 0 aliphatic heterocycles. The Bertz CT molecular complexity index is 1100. The lowest BCUT2D eigenvalue weighted by Gasteiger charge is -2.27. The summed E-state index contributed by atoms with van der Waals surface area (Å²) >= 11 is 0. The van der Waals surface area contributed by atoms with Crippen LogP contribution in [0, 0.1) is 0 Å². The minimum atomic E-state index is -4.30. The minimum Gasteiger partial charge on any atom is -0.456 e. The summed E-state index contributed by atoms with van der Waals surface area (Å²) in [5.41, 5.74) is -0.415. The molecule has 1 saturated carbocycles. The Labute approximate surface area is 175 Å². The maximum absolute atomic E-state index is 12.3. The Kier molecular flexibility index (Phi) is 6.28. The number of carbonyl (C=O) groups is 2. The van der Waals surface area contributed by atoms with Gasteiger partial charge in [-0.25, -0.2) is 4.79 Å². The lowest BCUT2D eigenvalue weighted by molar-refractivity contribution is -0.155. The van der Waals surface area contributed by atoms with Crippen molar-refractivity contribution >= 4 is 32.8 Å². The van der Waals surface area contributed by atoms with E-state index in [-0.39, 0.29) is 22.6 Å². The summed E-state index contributed by atoms with van der Waals surface area (Å²) in [4.78, 5) is 24.4. The number of fused-ring (bicyclic) bond motifs is 1. The largest absolute Gasteiger partial charge is 0.456 e. The van der Waals surface area contributed by atoms with Gasteiger partial charge in [0.05, 0.1) is 11.3 Å². The average Bonchev–Trinajstić information content (AvgIpc) is 3.15. The molecule has 1 N–H and O–H groups in total. The highest BCUT2D eigenvalue weighted by Gasteiger charge is 2.36. The van der Waals surface area contributed by atoms with Crippen LogP contribution in [0.1, 0.15) is 45.4 Å². The van der Waals surface area contributed by atoms with Crippen LogP contribution in [0.5, 0.6) is 5.75 Å². The summed E-state index contributed by atoms with van der Waals surface area (Å²) in [5.74, 6) is -0.983. The highest BCUT2D eigenvalue weighted by Crippen LogP contribution is 2.36. The summed E-state index contributed by atoms with van der Waals surface area (Å²) in [6, 6.07) is 8.71. The summed E-state index contributed by atoms with van der Waals surface area (Å²) in [7, 11) is -4.30. The van der Waals surface area contributed by atoms with Crippen molar-refractivity contribution in [3.05, 3.63) is 48.6 Å². The number of hydrogen-bond acceptors (Lipinski definition) is 6. The van der Waals surface area contributed by atoms with Gasteiger partial charge in [0.15, 0.2) is 0 Å². The van der Waals surface area contributed by atoms with Gasteiger partial charge in [-0.2, -0.15) is 8.42 Å². The monoisotopic (exact) mass is 432 g/mol. The maximum Gasteiger partial charge on any atom is 0.334 e. The van der Waals surface area contributed by atoms with Gasteiger partial charge in [-0.1, -0.05) is 25.6 Å². The number of ether oxygens (including phenoxy) is 2. The summed E-state index contributed by atoms with van der Waals surface area (Å²) in [5, 5.41) is 1.18. The molecule has 30 heavy (non-hydrogen) atoms. The molecule has 0 aromatic heterocycles. The van der Waals surface area contributed by atoms with E-state index >= 15 is 0 Å². The van der Waals surface area contributed by atoms with Gasteiger partial charge >= 0.3 is 11.9 Å². The van der Waals surface area contributed by atoms with Gasteiger partial charge in [0.1, 0.15) is 11.4 Å². The SMILES string of the molecule is C=C(CC(=O)Oc1ccc2cc(S(=O)(=O)O)ccc2c1)C(=O)OC1(CC)CCCC1. The molecule has 2 aromatic rings. The van der Waals surface area contributed by atoms with Crippen molar-refractivity contribution in [2.75, 3.05) is 0 Å². The second-order valence-electron chi connectivity index (χ2n) is 7.53. The first-order valence-corrected chi connectivity index (χ1v) is 11.2. The van der Waals surface area contributed by atoms with E-state index in [0.29, 0.717) is 10.8 Å². The van der Waals surface area contributed by atoms with Crippen molar-refractivity contribution in [1.29, 1.82) is 0 Å². The van der Waals surface area contributed by atoms with Crippen LogP contribution in [-0.4, -0.2) is 30.5 Å². The molecule has 0 saturated heterocycles. The fraction of sp³-hybridized carbons (Fsp3) is 0.364. The van der Waals surface area contributed by atoms with E-state index < -0.39 is 27.7 Å². The Morgan fingerprint density at radius 1 is 1.10 bits per heavy atom. The zero-order valence-electron chi connectivity index (χ0n) is 16.7. The van der Waals surface area contributed by atoms with Crippen molar-refractivity contribution in [3.63, 3.8) is 0 Å². The van der Waals surface area contributed by atoms with E-state index in [1.54, 1.807) is 12.1 Å². The summed E-state index contributed by atoms with van der Waals surface area (Å²) in [6.07, 6.45) is 4.12. The highest BCUT2D eigenvalue weighted by molar-refractivity contribution is 7.85. The molecule has 1 fully saturated rings. The van der Waals surface area contributed by atoms with Crippen LogP contribution in [-0.2, 0) is 24.4 Å². The molecule has 0 amide bonds. The van der Waals surface area contributed by atoms with E-state index in [0.717, 1.165) is 32.1 Å². The lowest BCUT2D eigenvalue weighted by Crippen LogP contribution is -2.32. The van der Waals surface area contributed by atoms with Crippen LogP contribution in [0.4, 0.5) is 0 Å². The topological polar surface area (TPSA) is 107 Å². The molecule has 0 atom stereocenters. The van der Waals surface area contributed by atoms with Crippen LogP contribution in [0.15, 0.2) is 53.4 Å². The summed E-state index contributed by atoms with van der Waals surface area (Å²) in [6.45, 7) is 5.65. The predicted octanol–water partition coefficient (Wildman–Crippen LogP) is 4.20. The molecular formula is C22H24O7S. The van der Waals surface area contributed by atoms with Crippen molar-refractivity contribution in [3.8, 4) is 5.75 Å². The van der Waals surface area contributed by atoms with Gasteiger partial charge in [0, 0.05) is 5.57 Å². The molecular weight excluding hydrogens is 408 g/mol. The average molecular weight is 432 g/mol. The molecule has 1 aliphatic carbocycles. The van der Waals surface area contributed by atoms with Crippen LogP contribution < -0.4 is 4.74 Å². The third-order valence-corrected chi connectivity index (χ3v) is 6.28. The Hall–Kier alpha value is -2.71. The first kappa shape index (κ1) is 22.0. The molecule has 0 unspecified atom stereocenters. The predicted molar refractivity (Wildman–Crippen MR) is 111 cm³/mol. The van der Waals surface area contributed by atoms with E-state index in [1.165, 1.54) is 24.3 Å². The van der Waals surface area contributed by atoms with Gasteiger partial charge in [-0.15, -0.1) is 0 Å². The second-order valence-corrected chi connectivity index (χ2v) is 8.95. The molecule has 2 aromatic carbocycles. The van der Waals surface area contributed by atoms with E-state index in [2.05, 4.69) is 6.58 Å². The Morgan fingerprint density at radius 2 is 1.73 bits per heavy atom. The zero-order valence-corrected chi connectivity index (χ0v) is 17.5. The van der Waals surface area contributed by atoms with Gasteiger partial charge in [0.2, 0.25) is 0 Å². The van der Waals surface area contributed by atoms with Gasteiger partial charge in [-0.05, 0) is 67.1 Å². The third kappa shape index (κ3) is 5.06. The number of carbonyl (C=O) groups excluding carboxylic acids is 2. The molecule has 0 spiro atoms. The molecule has 0 bridgehead atoms. The van der Waals surface area contributed by atoms with Crippen LogP contribution in [0.2, 0.25) is 0 Å². The first-order valence-electron chi connectivity index (χ1n) is 9.75. The lowest BCUT2D eigenvalue weighted by atomic mass is 9.98. The zero-order chi connectivity index (χ0) is 21.9. The molecule has 3 rings (SSSR count). The minimum absolute atomic E-state index is 0.0401.